The lowest BCUT2D eigenvalue weighted by atomic mass is 10.1. The first-order chi connectivity index (χ1) is 14.7. The summed E-state index contributed by atoms with van der Waals surface area (Å²) in [6.45, 7) is 11.3. The van der Waals surface area contributed by atoms with Crippen LogP contribution in [0.4, 0.5) is 0 Å². The van der Waals surface area contributed by atoms with Crippen LogP contribution < -0.4 is 5.32 Å². The highest BCUT2D eigenvalue weighted by molar-refractivity contribution is 5.80. The van der Waals surface area contributed by atoms with E-state index in [0.717, 1.165) is 63.8 Å². The lowest BCUT2D eigenvalue weighted by Gasteiger charge is -2.21. The SMILES string of the molecule is CCNC(=NCCCc1nc(C(C)C)no1)N1CCC(COCc2ccccc2)C1. The standard InChI is InChI=1S/C23H35N5O2/c1-4-24-23(25-13-8-11-21-26-22(18(2)3)27-30-21)28-14-12-20(15-28)17-29-16-19-9-6-5-7-10-19/h5-7,9-10,18,20H,4,8,11-17H2,1-3H3,(H,24,25). The Labute approximate surface area is 179 Å². The van der Waals surface area contributed by atoms with Crippen molar-refractivity contribution in [1.29, 1.82) is 0 Å². The van der Waals surface area contributed by atoms with Gasteiger partial charge in [0.25, 0.3) is 0 Å². The molecule has 2 aromatic rings. The molecule has 7 nitrogen and oxygen atoms in total. The summed E-state index contributed by atoms with van der Waals surface area (Å²) in [7, 11) is 0. The fourth-order valence-electron chi connectivity index (χ4n) is 3.52. The first-order valence-corrected chi connectivity index (χ1v) is 11.1. The van der Waals surface area contributed by atoms with Crippen molar-refractivity contribution in [3.63, 3.8) is 0 Å². The Morgan fingerprint density at radius 3 is 2.90 bits per heavy atom. The van der Waals surface area contributed by atoms with Gasteiger partial charge in [-0.3, -0.25) is 4.99 Å². The van der Waals surface area contributed by atoms with Crippen LogP contribution in [0.2, 0.25) is 0 Å². The number of rotatable bonds is 10. The molecule has 0 amide bonds. The van der Waals surface area contributed by atoms with Crippen molar-refractivity contribution < 1.29 is 9.26 Å². The molecule has 1 saturated heterocycles. The van der Waals surface area contributed by atoms with Gasteiger partial charge in [-0.15, -0.1) is 0 Å². The maximum Gasteiger partial charge on any atom is 0.226 e. The third kappa shape index (κ3) is 6.83. The highest BCUT2D eigenvalue weighted by Crippen LogP contribution is 2.17. The van der Waals surface area contributed by atoms with E-state index in [9.17, 15) is 0 Å². The Balaban J connectivity index is 1.41. The first kappa shape index (κ1) is 22.3. The van der Waals surface area contributed by atoms with E-state index in [-0.39, 0.29) is 0 Å². The van der Waals surface area contributed by atoms with Gasteiger partial charge in [0.05, 0.1) is 13.2 Å². The molecule has 0 saturated carbocycles. The summed E-state index contributed by atoms with van der Waals surface area (Å²) < 4.78 is 11.3. The van der Waals surface area contributed by atoms with Gasteiger partial charge in [0, 0.05) is 44.4 Å². The molecule has 0 aliphatic carbocycles. The summed E-state index contributed by atoms with van der Waals surface area (Å²) >= 11 is 0. The Hall–Kier alpha value is -2.41. The van der Waals surface area contributed by atoms with E-state index in [4.69, 9.17) is 14.3 Å². The normalized spacial score (nSPS) is 17.1. The number of nitrogens with one attached hydrogen (secondary N) is 1. The fraction of sp³-hybridized carbons (Fsp3) is 0.609. The number of hydrogen-bond donors (Lipinski definition) is 1. The van der Waals surface area contributed by atoms with E-state index in [1.54, 1.807) is 0 Å². The fourth-order valence-corrected chi connectivity index (χ4v) is 3.52. The molecule has 1 aliphatic rings. The van der Waals surface area contributed by atoms with Crippen LogP contribution in [0.5, 0.6) is 0 Å². The molecule has 1 atom stereocenters. The quantitative estimate of drug-likeness (QED) is 0.364. The number of likely N-dealkylation sites (tertiary alicyclic amines) is 1. The Morgan fingerprint density at radius 1 is 1.33 bits per heavy atom. The maximum absolute atomic E-state index is 5.95. The summed E-state index contributed by atoms with van der Waals surface area (Å²) in [5.74, 6) is 3.32. The summed E-state index contributed by atoms with van der Waals surface area (Å²) in [6, 6.07) is 10.3. The van der Waals surface area contributed by atoms with Crippen LogP contribution in [0.25, 0.3) is 0 Å². The molecule has 1 aromatic heterocycles. The molecular formula is C23H35N5O2. The van der Waals surface area contributed by atoms with Crippen LogP contribution in [0, 0.1) is 5.92 Å². The second-order valence-electron chi connectivity index (χ2n) is 8.14. The van der Waals surface area contributed by atoms with E-state index < -0.39 is 0 Å². The average Bonchev–Trinajstić information content (AvgIpc) is 3.41. The lowest BCUT2D eigenvalue weighted by molar-refractivity contribution is 0.0907. The Bertz CT molecular complexity index is 775. The third-order valence-corrected chi connectivity index (χ3v) is 5.20. The van der Waals surface area contributed by atoms with E-state index in [2.05, 4.69) is 65.4 Å². The van der Waals surface area contributed by atoms with E-state index in [0.29, 0.717) is 24.3 Å². The minimum Gasteiger partial charge on any atom is -0.376 e. The van der Waals surface area contributed by atoms with Gasteiger partial charge in [-0.2, -0.15) is 4.98 Å². The third-order valence-electron chi connectivity index (χ3n) is 5.20. The number of hydrogen-bond acceptors (Lipinski definition) is 5. The highest BCUT2D eigenvalue weighted by atomic mass is 16.5. The number of ether oxygens (including phenoxy) is 1. The summed E-state index contributed by atoms with van der Waals surface area (Å²) in [6.07, 6.45) is 2.80. The van der Waals surface area contributed by atoms with Gasteiger partial charge >= 0.3 is 0 Å². The molecular weight excluding hydrogens is 378 g/mol. The van der Waals surface area contributed by atoms with Crippen molar-refractivity contribution in [2.75, 3.05) is 32.8 Å². The first-order valence-electron chi connectivity index (χ1n) is 11.1. The van der Waals surface area contributed by atoms with Gasteiger partial charge in [-0.25, -0.2) is 0 Å². The zero-order chi connectivity index (χ0) is 21.2. The smallest absolute Gasteiger partial charge is 0.226 e. The molecule has 0 spiro atoms. The number of aliphatic imine (C=N–C) groups is 1. The lowest BCUT2D eigenvalue weighted by Crippen LogP contribution is -2.40. The molecule has 0 bridgehead atoms. The van der Waals surface area contributed by atoms with Crippen molar-refractivity contribution in [2.45, 2.75) is 52.6 Å². The van der Waals surface area contributed by atoms with E-state index in [1.165, 1.54) is 5.56 Å². The molecule has 1 aliphatic heterocycles. The van der Waals surface area contributed by atoms with Crippen molar-refractivity contribution in [1.82, 2.24) is 20.4 Å². The number of benzene rings is 1. The molecule has 1 fully saturated rings. The molecule has 164 valence electrons. The minimum absolute atomic E-state index is 0.292. The molecule has 0 radical (unpaired) electrons. The van der Waals surface area contributed by atoms with Crippen molar-refractivity contribution in [3.8, 4) is 0 Å². The topological polar surface area (TPSA) is 75.8 Å². The van der Waals surface area contributed by atoms with Crippen LogP contribution in [-0.4, -0.2) is 53.8 Å². The summed E-state index contributed by atoms with van der Waals surface area (Å²) in [5.41, 5.74) is 1.23. The van der Waals surface area contributed by atoms with E-state index in [1.807, 2.05) is 6.07 Å². The van der Waals surface area contributed by atoms with Gasteiger partial charge in [0.15, 0.2) is 11.8 Å². The van der Waals surface area contributed by atoms with Crippen molar-refractivity contribution in [2.24, 2.45) is 10.9 Å². The van der Waals surface area contributed by atoms with Gasteiger partial charge in [-0.05, 0) is 25.3 Å². The highest BCUT2D eigenvalue weighted by Gasteiger charge is 2.25. The molecule has 1 unspecified atom stereocenters. The van der Waals surface area contributed by atoms with Gasteiger partial charge < -0.3 is 19.5 Å². The van der Waals surface area contributed by atoms with Gasteiger partial charge in [-0.1, -0.05) is 49.3 Å². The predicted octanol–water partition coefficient (Wildman–Crippen LogP) is 3.63. The van der Waals surface area contributed by atoms with Crippen LogP contribution in [0.3, 0.4) is 0 Å². The number of guanidine groups is 1. The monoisotopic (exact) mass is 413 g/mol. The minimum atomic E-state index is 0.292. The molecule has 1 aromatic carbocycles. The largest absolute Gasteiger partial charge is 0.376 e. The van der Waals surface area contributed by atoms with Crippen LogP contribution >= 0.6 is 0 Å². The van der Waals surface area contributed by atoms with Crippen LogP contribution in [0.15, 0.2) is 39.8 Å². The number of nitrogens with zero attached hydrogens (tertiary/aromatic N) is 4. The second-order valence-corrected chi connectivity index (χ2v) is 8.14. The Morgan fingerprint density at radius 2 is 2.17 bits per heavy atom. The summed E-state index contributed by atoms with van der Waals surface area (Å²) in [4.78, 5) is 11.6. The maximum atomic E-state index is 5.95. The van der Waals surface area contributed by atoms with Crippen LogP contribution in [0.1, 0.15) is 56.8 Å². The molecule has 30 heavy (non-hydrogen) atoms. The number of aromatic nitrogens is 2. The van der Waals surface area contributed by atoms with Crippen molar-refractivity contribution >= 4 is 5.96 Å². The van der Waals surface area contributed by atoms with Crippen LogP contribution in [-0.2, 0) is 17.8 Å². The zero-order valence-electron chi connectivity index (χ0n) is 18.5. The van der Waals surface area contributed by atoms with Crippen molar-refractivity contribution in [3.05, 3.63) is 47.6 Å². The predicted molar refractivity (Wildman–Crippen MR) is 118 cm³/mol. The molecule has 7 heteroatoms. The second kappa shape index (κ2) is 11.7. The number of aryl methyl sites for hydroxylation is 1. The van der Waals surface area contributed by atoms with Gasteiger partial charge in [0.1, 0.15) is 0 Å². The summed E-state index contributed by atoms with van der Waals surface area (Å²) in [5, 5.41) is 7.45. The van der Waals surface area contributed by atoms with Gasteiger partial charge in [0.2, 0.25) is 5.89 Å². The zero-order valence-corrected chi connectivity index (χ0v) is 18.5. The molecule has 2 heterocycles. The average molecular weight is 414 g/mol. The molecule has 3 rings (SSSR count). The molecule has 1 N–H and O–H groups in total. The Kier molecular flexibility index (Phi) is 8.68. The van der Waals surface area contributed by atoms with E-state index >= 15 is 0 Å².